The van der Waals surface area contributed by atoms with E-state index in [1.165, 1.54) is 0 Å². The molecule has 0 bridgehead atoms. The number of aryl methyl sites for hydroxylation is 1. The Hall–Kier alpha value is -2.23. The number of nitrogen functional groups attached to an aromatic ring is 1. The van der Waals surface area contributed by atoms with E-state index < -0.39 is 0 Å². The third-order valence-electron chi connectivity index (χ3n) is 2.45. The van der Waals surface area contributed by atoms with Gasteiger partial charge in [0.25, 0.3) is 0 Å². The first-order valence-corrected chi connectivity index (χ1v) is 6.21. The Labute approximate surface area is 113 Å². The number of benzene rings is 1. The summed E-state index contributed by atoms with van der Waals surface area (Å²) in [6, 6.07) is 9.11. The van der Waals surface area contributed by atoms with Crippen molar-refractivity contribution < 1.29 is 9.47 Å². The fourth-order valence-corrected chi connectivity index (χ4v) is 1.57. The zero-order valence-corrected chi connectivity index (χ0v) is 11.4. The van der Waals surface area contributed by atoms with Crippen LogP contribution in [-0.4, -0.2) is 11.1 Å². The van der Waals surface area contributed by atoms with E-state index in [0.717, 1.165) is 5.56 Å². The Bertz CT molecular complexity index is 551. The molecule has 1 heterocycles. The van der Waals surface area contributed by atoms with Crippen LogP contribution in [0.1, 0.15) is 19.4 Å². The van der Waals surface area contributed by atoms with Gasteiger partial charge in [-0.05, 0) is 38.5 Å². The van der Waals surface area contributed by atoms with Crippen LogP contribution < -0.4 is 15.2 Å². The van der Waals surface area contributed by atoms with E-state index in [4.69, 9.17) is 15.2 Å². The van der Waals surface area contributed by atoms with Crippen molar-refractivity contribution in [2.24, 2.45) is 0 Å². The molecule has 2 N–H and O–H groups in total. The summed E-state index contributed by atoms with van der Waals surface area (Å²) in [7, 11) is 0. The Morgan fingerprint density at radius 3 is 2.58 bits per heavy atom. The molecule has 0 saturated heterocycles. The average Bonchev–Trinajstić information content (AvgIpc) is 2.36. The highest BCUT2D eigenvalue weighted by atomic mass is 16.5. The summed E-state index contributed by atoms with van der Waals surface area (Å²) in [5.74, 6) is 1.83. The molecule has 0 aliphatic heterocycles. The molecule has 2 rings (SSSR count). The lowest BCUT2D eigenvalue weighted by Crippen LogP contribution is -2.07. The minimum Gasteiger partial charge on any atom is -0.489 e. The van der Waals surface area contributed by atoms with Crippen LogP contribution in [0.3, 0.4) is 0 Å². The molecule has 4 heteroatoms. The molecule has 100 valence electrons. The van der Waals surface area contributed by atoms with Crippen molar-refractivity contribution in [1.29, 1.82) is 0 Å². The van der Waals surface area contributed by atoms with Crippen molar-refractivity contribution in [3.63, 3.8) is 0 Å². The number of pyridine rings is 1. The molecular weight excluding hydrogens is 240 g/mol. The minimum absolute atomic E-state index is 0.0649. The second-order valence-electron chi connectivity index (χ2n) is 4.64. The number of anilines is 1. The highest BCUT2D eigenvalue weighted by Gasteiger charge is 2.06. The molecule has 4 nitrogen and oxygen atoms in total. The molecule has 19 heavy (non-hydrogen) atoms. The van der Waals surface area contributed by atoms with Crippen LogP contribution in [0, 0.1) is 6.92 Å². The normalized spacial score (nSPS) is 10.5. The van der Waals surface area contributed by atoms with Crippen molar-refractivity contribution in [2.75, 3.05) is 5.73 Å². The first-order valence-electron chi connectivity index (χ1n) is 6.21. The van der Waals surface area contributed by atoms with E-state index in [1.807, 2.05) is 32.9 Å². The van der Waals surface area contributed by atoms with Crippen molar-refractivity contribution in [3.8, 4) is 17.4 Å². The highest BCUT2D eigenvalue weighted by Crippen LogP contribution is 2.30. The lowest BCUT2D eigenvalue weighted by molar-refractivity contribution is 0.243. The number of hydrogen-bond acceptors (Lipinski definition) is 4. The standard InChI is InChI=1S/C15H18N2O2/c1-10(2)18-14-8-12(5-6-13(14)16)19-15-7-4-11(3)9-17-15/h4-10H,16H2,1-3H3. The number of hydrogen-bond donors (Lipinski definition) is 1. The second-order valence-corrected chi connectivity index (χ2v) is 4.64. The van der Waals surface area contributed by atoms with E-state index in [9.17, 15) is 0 Å². The Morgan fingerprint density at radius 2 is 1.95 bits per heavy atom. The van der Waals surface area contributed by atoms with Gasteiger partial charge in [0.05, 0.1) is 11.8 Å². The molecule has 0 fully saturated rings. The van der Waals surface area contributed by atoms with Crippen LogP contribution in [0.15, 0.2) is 36.5 Å². The fraction of sp³-hybridized carbons (Fsp3) is 0.267. The first kappa shape index (κ1) is 13.2. The van der Waals surface area contributed by atoms with Crippen LogP contribution in [0.4, 0.5) is 5.69 Å². The molecule has 0 saturated carbocycles. The predicted molar refractivity (Wildman–Crippen MR) is 75.7 cm³/mol. The molecule has 0 aliphatic rings. The summed E-state index contributed by atoms with van der Waals surface area (Å²) < 4.78 is 11.3. The first-order chi connectivity index (χ1) is 9.04. The second kappa shape index (κ2) is 5.61. The molecule has 0 atom stereocenters. The third-order valence-corrected chi connectivity index (χ3v) is 2.45. The van der Waals surface area contributed by atoms with Crippen LogP contribution in [0.2, 0.25) is 0 Å². The molecule has 1 aromatic carbocycles. The zero-order chi connectivity index (χ0) is 13.8. The van der Waals surface area contributed by atoms with Gasteiger partial charge in [-0.2, -0.15) is 0 Å². The largest absolute Gasteiger partial charge is 0.489 e. The lowest BCUT2D eigenvalue weighted by atomic mass is 10.2. The monoisotopic (exact) mass is 258 g/mol. The summed E-state index contributed by atoms with van der Waals surface area (Å²) in [5.41, 5.74) is 7.54. The molecule has 0 amide bonds. The van der Waals surface area contributed by atoms with E-state index in [1.54, 1.807) is 24.4 Å². The number of ether oxygens (including phenoxy) is 2. The van der Waals surface area contributed by atoms with Crippen molar-refractivity contribution in [2.45, 2.75) is 26.9 Å². The van der Waals surface area contributed by atoms with Crippen LogP contribution in [-0.2, 0) is 0 Å². The summed E-state index contributed by atoms with van der Waals surface area (Å²) in [6.07, 6.45) is 1.83. The summed E-state index contributed by atoms with van der Waals surface area (Å²) in [4.78, 5) is 4.19. The maximum absolute atomic E-state index is 5.85. The van der Waals surface area contributed by atoms with E-state index in [-0.39, 0.29) is 6.10 Å². The predicted octanol–water partition coefficient (Wildman–Crippen LogP) is 3.55. The van der Waals surface area contributed by atoms with Gasteiger partial charge in [-0.1, -0.05) is 6.07 Å². The van der Waals surface area contributed by atoms with Crippen LogP contribution >= 0.6 is 0 Å². The highest BCUT2D eigenvalue weighted by molar-refractivity contribution is 5.56. The van der Waals surface area contributed by atoms with Gasteiger partial charge in [0, 0.05) is 18.3 Å². The van der Waals surface area contributed by atoms with E-state index in [0.29, 0.717) is 23.1 Å². The quantitative estimate of drug-likeness (QED) is 0.852. The topological polar surface area (TPSA) is 57.4 Å². The van der Waals surface area contributed by atoms with Gasteiger partial charge >= 0.3 is 0 Å². The maximum Gasteiger partial charge on any atom is 0.219 e. The average molecular weight is 258 g/mol. The van der Waals surface area contributed by atoms with Gasteiger partial charge in [0.1, 0.15) is 11.5 Å². The van der Waals surface area contributed by atoms with Gasteiger partial charge < -0.3 is 15.2 Å². The van der Waals surface area contributed by atoms with E-state index in [2.05, 4.69) is 4.98 Å². The zero-order valence-electron chi connectivity index (χ0n) is 11.4. The lowest BCUT2D eigenvalue weighted by Gasteiger charge is -2.13. The minimum atomic E-state index is 0.0649. The molecular formula is C15H18N2O2. The molecule has 2 aromatic rings. The summed E-state index contributed by atoms with van der Waals surface area (Å²) >= 11 is 0. The summed E-state index contributed by atoms with van der Waals surface area (Å²) in [6.45, 7) is 5.89. The fourth-order valence-electron chi connectivity index (χ4n) is 1.57. The van der Waals surface area contributed by atoms with Crippen LogP contribution in [0.5, 0.6) is 17.4 Å². The van der Waals surface area contributed by atoms with Gasteiger partial charge in [-0.25, -0.2) is 4.98 Å². The van der Waals surface area contributed by atoms with Crippen molar-refractivity contribution >= 4 is 5.69 Å². The number of nitrogens with two attached hydrogens (primary N) is 1. The van der Waals surface area contributed by atoms with E-state index >= 15 is 0 Å². The Balaban J connectivity index is 2.18. The number of rotatable bonds is 4. The molecule has 0 radical (unpaired) electrons. The van der Waals surface area contributed by atoms with Gasteiger partial charge in [0.2, 0.25) is 5.88 Å². The molecule has 1 aromatic heterocycles. The SMILES string of the molecule is Cc1ccc(Oc2ccc(N)c(OC(C)C)c2)nc1. The van der Waals surface area contributed by atoms with Gasteiger partial charge in [-0.15, -0.1) is 0 Å². The molecule has 0 unspecified atom stereocenters. The Kier molecular flexibility index (Phi) is 3.90. The smallest absolute Gasteiger partial charge is 0.219 e. The van der Waals surface area contributed by atoms with Crippen LogP contribution in [0.25, 0.3) is 0 Å². The van der Waals surface area contributed by atoms with Crippen molar-refractivity contribution in [1.82, 2.24) is 4.98 Å². The van der Waals surface area contributed by atoms with Gasteiger partial charge in [0.15, 0.2) is 0 Å². The molecule has 0 spiro atoms. The van der Waals surface area contributed by atoms with Gasteiger partial charge in [-0.3, -0.25) is 0 Å². The van der Waals surface area contributed by atoms with Crippen molar-refractivity contribution in [3.05, 3.63) is 42.1 Å². The number of nitrogens with zero attached hydrogens (tertiary/aromatic N) is 1. The third kappa shape index (κ3) is 3.61. The molecule has 0 aliphatic carbocycles. The maximum atomic E-state index is 5.85. The summed E-state index contributed by atoms with van der Waals surface area (Å²) in [5, 5.41) is 0. The number of aromatic nitrogens is 1. The Morgan fingerprint density at radius 1 is 1.16 bits per heavy atom.